The number of nitrogens with zero attached hydrogens (tertiary/aromatic N) is 2. The Morgan fingerprint density at radius 2 is 1.59 bits per heavy atom. The third kappa shape index (κ3) is 2.97. The first-order valence-electron chi connectivity index (χ1n) is 10.8. The van der Waals surface area contributed by atoms with Gasteiger partial charge in [0, 0.05) is 0 Å². The topological polar surface area (TPSA) is 59.0 Å². The van der Waals surface area contributed by atoms with Crippen LogP contribution in [0.1, 0.15) is 24.0 Å². The molecule has 1 heterocycles. The Balaban J connectivity index is 1.19. The van der Waals surface area contributed by atoms with Crippen molar-refractivity contribution in [2.24, 2.45) is 34.2 Å². The highest BCUT2D eigenvalue weighted by Crippen LogP contribution is 2.73. The number of fused-ring (bicyclic) bond motifs is 3. The van der Waals surface area contributed by atoms with Crippen molar-refractivity contribution in [2.75, 3.05) is 0 Å². The summed E-state index contributed by atoms with van der Waals surface area (Å²) in [4.78, 5) is 26.1. The van der Waals surface area contributed by atoms with Gasteiger partial charge in [0.05, 0.1) is 27.0 Å². The van der Waals surface area contributed by atoms with E-state index in [1.807, 2.05) is 42.5 Å². The highest BCUT2D eigenvalue weighted by molar-refractivity contribution is 9.11. The van der Waals surface area contributed by atoms with Crippen molar-refractivity contribution < 1.29 is 14.3 Å². The maximum atomic E-state index is 13.1. The summed E-state index contributed by atoms with van der Waals surface area (Å²) in [5, 5.41) is 5.40. The molecule has 4 aliphatic rings. The fourth-order valence-corrected chi connectivity index (χ4v) is 7.27. The third-order valence-corrected chi connectivity index (χ3v) is 8.58. The van der Waals surface area contributed by atoms with Gasteiger partial charge in [-0.1, -0.05) is 42.5 Å². The Kier molecular flexibility index (Phi) is 4.70. The second-order valence-electron chi connectivity index (χ2n) is 9.04. The number of halogens is 2. The second-order valence-corrected chi connectivity index (χ2v) is 10.8. The standard InChI is InChI=1S/C25H20Br2N2O3/c26-18-10-15(11-19(27)22(18)32-13-14-4-2-1-3-5-14)12-28-29-23(30)20-16-6-7-17(21(20)24(29)31)25(16)8-9-25/h1-7,10-12,16-17,20-21H,8-9,13H2/b28-12-/t16-,17-,20+,21+/m1/s1. The van der Waals surface area contributed by atoms with Crippen LogP contribution in [0.3, 0.4) is 0 Å². The number of imide groups is 1. The summed E-state index contributed by atoms with van der Waals surface area (Å²) < 4.78 is 7.49. The van der Waals surface area contributed by atoms with Gasteiger partial charge in [0.15, 0.2) is 0 Å². The molecule has 6 rings (SSSR count). The highest BCUT2D eigenvalue weighted by atomic mass is 79.9. The number of benzene rings is 2. The molecule has 32 heavy (non-hydrogen) atoms. The summed E-state index contributed by atoms with van der Waals surface area (Å²) in [6.45, 7) is 0.447. The third-order valence-electron chi connectivity index (χ3n) is 7.40. The fourth-order valence-electron chi connectivity index (χ4n) is 5.82. The number of rotatable bonds is 5. The molecule has 2 aromatic carbocycles. The van der Waals surface area contributed by atoms with E-state index in [0.29, 0.717) is 12.4 Å². The van der Waals surface area contributed by atoms with Crippen LogP contribution in [0.4, 0.5) is 0 Å². The van der Waals surface area contributed by atoms with Crippen LogP contribution in [0, 0.1) is 29.1 Å². The maximum Gasteiger partial charge on any atom is 0.254 e. The number of ether oxygens (including phenoxy) is 1. The highest BCUT2D eigenvalue weighted by Gasteiger charge is 2.73. The number of allylic oxidation sites excluding steroid dienone is 2. The average molecular weight is 556 g/mol. The van der Waals surface area contributed by atoms with E-state index in [-0.39, 0.29) is 40.9 Å². The van der Waals surface area contributed by atoms with Gasteiger partial charge in [0.2, 0.25) is 0 Å². The summed E-state index contributed by atoms with van der Waals surface area (Å²) in [5.41, 5.74) is 2.03. The lowest BCUT2D eigenvalue weighted by molar-refractivity contribution is -0.141. The Labute approximate surface area is 202 Å². The molecule has 0 unspecified atom stereocenters. The summed E-state index contributed by atoms with van der Waals surface area (Å²) in [6.07, 6.45) is 8.16. The van der Waals surface area contributed by atoms with E-state index >= 15 is 0 Å². The Hall–Kier alpha value is -2.25. The lowest BCUT2D eigenvalue weighted by Gasteiger charge is -2.18. The zero-order valence-corrected chi connectivity index (χ0v) is 20.3. The van der Waals surface area contributed by atoms with Crippen molar-refractivity contribution in [3.63, 3.8) is 0 Å². The van der Waals surface area contributed by atoms with Crippen molar-refractivity contribution in [1.29, 1.82) is 0 Å². The molecule has 1 spiro atoms. The lowest BCUT2D eigenvalue weighted by Crippen LogP contribution is -2.30. The Morgan fingerprint density at radius 1 is 1.00 bits per heavy atom. The number of carbonyl (C=O) groups is 2. The first kappa shape index (κ1) is 20.4. The van der Waals surface area contributed by atoms with Crippen molar-refractivity contribution in [3.8, 4) is 5.75 Å². The number of carbonyl (C=O) groups excluding carboxylic acids is 2. The summed E-state index contributed by atoms with van der Waals surface area (Å²) in [5.74, 6) is 0.331. The Bertz CT molecular complexity index is 1130. The molecule has 0 N–H and O–H groups in total. The molecule has 7 heteroatoms. The number of hydrogen-bond donors (Lipinski definition) is 0. The van der Waals surface area contributed by atoms with Gasteiger partial charge in [-0.2, -0.15) is 10.1 Å². The normalized spacial score (nSPS) is 28.9. The van der Waals surface area contributed by atoms with Crippen molar-refractivity contribution in [3.05, 3.63) is 74.7 Å². The number of hydrogen-bond acceptors (Lipinski definition) is 4. The van der Waals surface area contributed by atoms with Crippen LogP contribution < -0.4 is 4.74 Å². The van der Waals surface area contributed by atoms with E-state index in [0.717, 1.165) is 37.9 Å². The van der Waals surface area contributed by atoms with Crippen LogP contribution in [0.25, 0.3) is 0 Å². The molecule has 0 radical (unpaired) electrons. The molecular weight excluding hydrogens is 536 g/mol. The molecule has 2 saturated carbocycles. The first-order valence-corrected chi connectivity index (χ1v) is 12.3. The monoisotopic (exact) mass is 554 g/mol. The summed E-state index contributed by atoms with van der Waals surface area (Å²) in [7, 11) is 0. The minimum absolute atomic E-state index is 0.152. The molecule has 2 aromatic rings. The lowest BCUT2D eigenvalue weighted by atomic mass is 9.85. The average Bonchev–Trinajstić information content (AvgIpc) is 3.38. The van der Waals surface area contributed by atoms with E-state index in [9.17, 15) is 9.59 Å². The predicted octanol–water partition coefficient (Wildman–Crippen LogP) is 5.32. The molecule has 1 saturated heterocycles. The quantitative estimate of drug-likeness (QED) is 0.285. The smallest absolute Gasteiger partial charge is 0.254 e. The van der Waals surface area contributed by atoms with Gasteiger partial charge in [0.25, 0.3) is 11.8 Å². The van der Waals surface area contributed by atoms with Crippen LogP contribution in [0.15, 0.2) is 68.7 Å². The van der Waals surface area contributed by atoms with E-state index in [4.69, 9.17) is 4.74 Å². The zero-order valence-electron chi connectivity index (χ0n) is 17.1. The molecule has 162 valence electrons. The van der Waals surface area contributed by atoms with Crippen molar-refractivity contribution in [2.45, 2.75) is 19.4 Å². The van der Waals surface area contributed by atoms with E-state index in [1.54, 1.807) is 6.21 Å². The first-order chi connectivity index (χ1) is 15.5. The van der Waals surface area contributed by atoms with Gasteiger partial charge < -0.3 is 4.74 Å². The summed E-state index contributed by atoms with van der Waals surface area (Å²) in [6, 6.07) is 13.7. The van der Waals surface area contributed by atoms with Gasteiger partial charge in [-0.05, 0) is 85.2 Å². The molecule has 1 aliphatic heterocycles. The molecule has 3 aliphatic carbocycles. The van der Waals surface area contributed by atoms with Crippen LogP contribution in [-0.2, 0) is 16.2 Å². The summed E-state index contributed by atoms with van der Waals surface area (Å²) >= 11 is 7.12. The van der Waals surface area contributed by atoms with Crippen LogP contribution in [0.2, 0.25) is 0 Å². The molecule has 5 nitrogen and oxygen atoms in total. The molecule has 0 aromatic heterocycles. The second kappa shape index (κ2) is 7.39. The van der Waals surface area contributed by atoms with Crippen molar-refractivity contribution in [1.82, 2.24) is 5.01 Å². The van der Waals surface area contributed by atoms with Crippen LogP contribution >= 0.6 is 31.9 Å². The van der Waals surface area contributed by atoms with Gasteiger partial charge in [-0.15, -0.1) is 0 Å². The molecule has 3 fully saturated rings. The van der Waals surface area contributed by atoms with Gasteiger partial charge >= 0.3 is 0 Å². The van der Waals surface area contributed by atoms with Gasteiger partial charge in [-0.3, -0.25) is 9.59 Å². The minimum Gasteiger partial charge on any atom is -0.487 e. The van der Waals surface area contributed by atoms with E-state index in [2.05, 4.69) is 49.1 Å². The predicted molar refractivity (Wildman–Crippen MR) is 127 cm³/mol. The SMILES string of the molecule is O=C1[C@@H]2[C@@H](C(=O)N1/N=C\c1cc(Br)c(OCc3ccccc3)c(Br)c1)[C@H]1C=C[C@H]2C12CC2. The molecule has 4 atom stereocenters. The maximum absolute atomic E-state index is 13.1. The van der Waals surface area contributed by atoms with Crippen molar-refractivity contribution >= 4 is 49.9 Å². The molecule has 2 bridgehead atoms. The fraction of sp³-hybridized carbons (Fsp3) is 0.320. The number of hydrazone groups is 1. The molecular formula is C25H20Br2N2O3. The van der Waals surface area contributed by atoms with Gasteiger partial charge in [0.1, 0.15) is 12.4 Å². The van der Waals surface area contributed by atoms with Crippen LogP contribution in [-0.4, -0.2) is 23.0 Å². The minimum atomic E-state index is -0.232. The van der Waals surface area contributed by atoms with E-state index in [1.165, 1.54) is 0 Å². The van der Waals surface area contributed by atoms with E-state index < -0.39 is 0 Å². The largest absolute Gasteiger partial charge is 0.487 e. The zero-order chi connectivity index (χ0) is 22.0. The Morgan fingerprint density at radius 3 is 2.16 bits per heavy atom. The molecule has 2 amide bonds. The van der Waals surface area contributed by atoms with Gasteiger partial charge in [-0.25, -0.2) is 0 Å². The van der Waals surface area contributed by atoms with Crippen LogP contribution in [0.5, 0.6) is 5.75 Å². The number of amides is 2.